The van der Waals surface area contributed by atoms with Gasteiger partial charge in [-0.15, -0.1) is 0 Å². The Kier molecular flexibility index (Phi) is 7.04. The summed E-state index contributed by atoms with van der Waals surface area (Å²) >= 11 is 1.60. The van der Waals surface area contributed by atoms with Gasteiger partial charge in [0.05, 0.1) is 10.6 Å². The van der Waals surface area contributed by atoms with E-state index in [0.717, 1.165) is 12.2 Å². The van der Waals surface area contributed by atoms with E-state index >= 15 is 0 Å². The molecular formula is C13H20N2O3S2. The lowest BCUT2D eigenvalue weighted by Crippen LogP contribution is -2.14. The summed E-state index contributed by atoms with van der Waals surface area (Å²) in [6.07, 6.45) is 0.918. The van der Waals surface area contributed by atoms with Crippen molar-refractivity contribution in [2.45, 2.75) is 11.3 Å². The number of nitrogen functional groups attached to an aromatic ring is 1. The molecule has 0 aromatic heterocycles. The predicted molar refractivity (Wildman–Crippen MR) is 83.3 cm³/mol. The van der Waals surface area contributed by atoms with Crippen LogP contribution in [0.25, 0.3) is 0 Å². The van der Waals surface area contributed by atoms with Crippen LogP contribution in [0.3, 0.4) is 0 Å². The Morgan fingerprint density at radius 2 is 2.15 bits per heavy atom. The number of amidine groups is 1. The highest BCUT2D eigenvalue weighted by Crippen LogP contribution is 2.15. The van der Waals surface area contributed by atoms with Crippen molar-refractivity contribution in [1.82, 2.24) is 0 Å². The van der Waals surface area contributed by atoms with E-state index in [1.807, 2.05) is 0 Å². The number of methoxy groups -OCH3 is 1. The lowest BCUT2D eigenvalue weighted by molar-refractivity contribution is 0.200. The van der Waals surface area contributed by atoms with Crippen molar-refractivity contribution in [3.05, 3.63) is 29.8 Å². The molecule has 0 aliphatic rings. The first-order valence-electron chi connectivity index (χ1n) is 6.21. The van der Waals surface area contributed by atoms with E-state index in [4.69, 9.17) is 15.9 Å². The quantitative estimate of drug-likeness (QED) is 0.409. The maximum Gasteiger partial charge on any atom is 0.179 e. The second kappa shape index (κ2) is 8.28. The summed E-state index contributed by atoms with van der Waals surface area (Å²) in [5.41, 5.74) is 5.80. The van der Waals surface area contributed by atoms with Gasteiger partial charge in [-0.25, -0.2) is 8.42 Å². The van der Waals surface area contributed by atoms with Crippen LogP contribution in [0.5, 0.6) is 0 Å². The van der Waals surface area contributed by atoms with Gasteiger partial charge in [-0.3, -0.25) is 5.41 Å². The van der Waals surface area contributed by atoms with Crippen LogP contribution < -0.4 is 5.73 Å². The molecule has 0 bridgehead atoms. The van der Waals surface area contributed by atoms with Crippen LogP contribution in [0.2, 0.25) is 0 Å². The summed E-state index contributed by atoms with van der Waals surface area (Å²) in [4.78, 5) is 0.225. The standard InChI is InChI=1S/C13H20N2O3S2/c1-18-6-3-7-19-8-9-20(16,17)12-5-2-4-11(10-12)13(14)15/h2,4-5,10H,3,6-9H2,1H3,(H3,14,15). The zero-order valence-corrected chi connectivity index (χ0v) is 13.1. The van der Waals surface area contributed by atoms with Crippen LogP contribution in [-0.2, 0) is 14.6 Å². The van der Waals surface area contributed by atoms with Crippen molar-refractivity contribution in [1.29, 1.82) is 5.41 Å². The SMILES string of the molecule is COCCCSCCS(=O)(=O)c1cccc(C(=N)N)c1. The van der Waals surface area contributed by atoms with Gasteiger partial charge >= 0.3 is 0 Å². The molecule has 0 saturated heterocycles. The monoisotopic (exact) mass is 316 g/mol. The number of thioether (sulfide) groups is 1. The maximum absolute atomic E-state index is 12.1. The van der Waals surface area contributed by atoms with E-state index in [9.17, 15) is 8.42 Å². The average molecular weight is 316 g/mol. The summed E-state index contributed by atoms with van der Waals surface area (Å²) in [6.45, 7) is 0.695. The molecule has 0 atom stereocenters. The third-order valence-corrected chi connectivity index (χ3v) is 5.68. The van der Waals surface area contributed by atoms with Crippen molar-refractivity contribution in [2.24, 2.45) is 5.73 Å². The molecule has 7 heteroatoms. The second-order valence-electron chi connectivity index (χ2n) is 4.22. The van der Waals surface area contributed by atoms with Crippen LogP contribution in [0, 0.1) is 5.41 Å². The molecule has 0 aliphatic carbocycles. The summed E-state index contributed by atoms with van der Waals surface area (Å²) in [5.74, 6) is 1.40. The topological polar surface area (TPSA) is 93.2 Å². The molecule has 20 heavy (non-hydrogen) atoms. The highest BCUT2D eigenvalue weighted by Gasteiger charge is 2.14. The molecule has 0 amide bonds. The van der Waals surface area contributed by atoms with Gasteiger partial charge in [0.25, 0.3) is 0 Å². The van der Waals surface area contributed by atoms with Crippen molar-refractivity contribution in [3.8, 4) is 0 Å². The minimum Gasteiger partial charge on any atom is -0.385 e. The Balaban J connectivity index is 2.56. The van der Waals surface area contributed by atoms with E-state index in [1.54, 1.807) is 31.0 Å². The number of rotatable bonds is 9. The van der Waals surface area contributed by atoms with Gasteiger partial charge < -0.3 is 10.5 Å². The van der Waals surface area contributed by atoms with E-state index in [-0.39, 0.29) is 16.5 Å². The Hall–Kier alpha value is -1.05. The fourth-order valence-corrected chi connectivity index (χ4v) is 4.25. The largest absolute Gasteiger partial charge is 0.385 e. The minimum absolute atomic E-state index is 0.0893. The third-order valence-electron chi connectivity index (χ3n) is 2.64. The molecule has 0 radical (unpaired) electrons. The Bertz CT molecular complexity index is 544. The molecule has 3 N–H and O–H groups in total. The molecule has 0 fully saturated rings. The minimum atomic E-state index is -3.31. The smallest absolute Gasteiger partial charge is 0.179 e. The Labute approximate surface area is 124 Å². The zero-order chi connectivity index (χ0) is 15.0. The maximum atomic E-state index is 12.1. The van der Waals surface area contributed by atoms with E-state index in [2.05, 4.69) is 0 Å². The van der Waals surface area contributed by atoms with Gasteiger partial charge in [0.2, 0.25) is 0 Å². The van der Waals surface area contributed by atoms with Crippen LogP contribution in [-0.4, -0.2) is 45.2 Å². The lowest BCUT2D eigenvalue weighted by Gasteiger charge is -2.06. The number of benzene rings is 1. The molecule has 0 spiro atoms. The highest BCUT2D eigenvalue weighted by atomic mass is 32.2. The van der Waals surface area contributed by atoms with E-state index < -0.39 is 9.84 Å². The average Bonchev–Trinajstić information content (AvgIpc) is 2.43. The molecule has 0 unspecified atom stereocenters. The van der Waals surface area contributed by atoms with Gasteiger partial charge in [-0.2, -0.15) is 11.8 Å². The molecular weight excluding hydrogens is 296 g/mol. The number of hydrogen-bond acceptors (Lipinski definition) is 5. The molecule has 5 nitrogen and oxygen atoms in total. The molecule has 0 heterocycles. The highest BCUT2D eigenvalue weighted by molar-refractivity contribution is 8.00. The number of hydrogen-bond donors (Lipinski definition) is 2. The van der Waals surface area contributed by atoms with Gasteiger partial charge in [-0.1, -0.05) is 12.1 Å². The molecule has 112 valence electrons. The summed E-state index contributed by atoms with van der Waals surface area (Å²) in [7, 11) is -1.66. The van der Waals surface area contributed by atoms with E-state index in [1.165, 1.54) is 12.1 Å². The third kappa shape index (κ3) is 5.52. The Morgan fingerprint density at radius 3 is 2.80 bits per heavy atom. The van der Waals surface area contributed by atoms with Crippen LogP contribution in [0.15, 0.2) is 29.2 Å². The number of ether oxygens (including phenoxy) is 1. The number of nitrogens with one attached hydrogen (secondary N) is 1. The lowest BCUT2D eigenvalue weighted by atomic mass is 10.2. The normalized spacial score (nSPS) is 11.4. The zero-order valence-electron chi connectivity index (χ0n) is 11.5. The number of sulfone groups is 1. The van der Waals surface area contributed by atoms with Crippen molar-refractivity contribution in [3.63, 3.8) is 0 Å². The van der Waals surface area contributed by atoms with Gasteiger partial charge in [-0.05, 0) is 24.3 Å². The molecule has 1 rings (SSSR count). The Morgan fingerprint density at radius 1 is 1.40 bits per heavy atom. The molecule has 0 aliphatic heterocycles. The van der Waals surface area contributed by atoms with Crippen LogP contribution in [0.1, 0.15) is 12.0 Å². The molecule has 0 saturated carbocycles. The summed E-state index contributed by atoms with van der Waals surface area (Å²) in [5, 5.41) is 7.34. The van der Waals surface area contributed by atoms with Crippen molar-refractivity contribution in [2.75, 3.05) is 31.0 Å². The van der Waals surface area contributed by atoms with Crippen LogP contribution in [0.4, 0.5) is 0 Å². The number of nitrogens with two attached hydrogens (primary N) is 1. The fourth-order valence-electron chi connectivity index (χ4n) is 1.55. The molecule has 1 aromatic rings. The first-order valence-corrected chi connectivity index (χ1v) is 9.02. The summed E-state index contributed by atoms with van der Waals surface area (Å²) < 4.78 is 29.2. The van der Waals surface area contributed by atoms with E-state index in [0.29, 0.717) is 17.9 Å². The van der Waals surface area contributed by atoms with Gasteiger partial charge in [0, 0.05) is 25.0 Å². The van der Waals surface area contributed by atoms with Crippen LogP contribution >= 0.6 is 11.8 Å². The predicted octanol–water partition coefficient (Wildman–Crippen LogP) is 1.51. The van der Waals surface area contributed by atoms with Gasteiger partial charge in [0.1, 0.15) is 5.84 Å². The van der Waals surface area contributed by atoms with Crippen molar-refractivity contribution >= 4 is 27.4 Å². The van der Waals surface area contributed by atoms with Gasteiger partial charge in [0.15, 0.2) is 9.84 Å². The first kappa shape index (κ1) is 17.0. The summed E-state index contributed by atoms with van der Waals surface area (Å²) in [6, 6.07) is 6.22. The van der Waals surface area contributed by atoms with Crippen molar-refractivity contribution < 1.29 is 13.2 Å². The second-order valence-corrected chi connectivity index (χ2v) is 7.55. The fraction of sp³-hybridized carbons (Fsp3) is 0.462. The molecule has 1 aromatic carbocycles. The first-order chi connectivity index (χ1) is 9.47.